The number of aromatic nitrogens is 1. The highest BCUT2D eigenvalue weighted by Crippen LogP contribution is 2.35. The SMILES string of the molecule is CCCn1c2c(c3cc(C)ccc31)CC(C(=O)NCCCN)CC2. The minimum absolute atomic E-state index is 0.0939. The molecule has 2 aromatic rings. The van der Waals surface area contributed by atoms with Crippen LogP contribution in [-0.2, 0) is 24.2 Å². The number of hydrogen-bond acceptors (Lipinski definition) is 2. The Bertz CT molecular complexity index is 732. The first-order valence-corrected chi connectivity index (χ1v) is 9.24. The fourth-order valence-corrected chi connectivity index (χ4v) is 3.92. The van der Waals surface area contributed by atoms with E-state index in [2.05, 4.69) is 41.9 Å². The van der Waals surface area contributed by atoms with Crippen molar-refractivity contribution in [3.8, 4) is 0 Å². The number of nitrogens with one attached hydrogen (secondary N) is 1. The van der Waals surface area contributed by atoms with Crippen molar-refractivity contribution < 1.29 is 4.79 Å². The van der Waals surface area contributed by atoms with Gasteiger partial charge in [-0.15, -0.1) is 0 Å². The predicted octanol–water partition coefficient (Wildman–Crippen LogP) is 2.93. The molecule has 1 aromatic carbocycles. The summed E-state index contributed by atoms with van der Waals surface area (Å²) < 4.78 is 2.48. The van der Waals surface area contributed by atoms with E-state index < -0.39 is 0 Å². The summed E-state index contributed by atoms with van der Waals surface area (Å²) in [4.78, 5) is 12.5. The second-order valence-corrected chi connectivity index (χ2v) is 6.97. The summed E-state index contributed by atoms with van der Waals surface area (Å²) in [7, 11) is 0. The second kappa shape index (κ2) is 7.39. The van der Waals surface area contributed by atoms with Crippen LogP contribution in [0.25, 0.3) is 10.9 Å². The lowest BCUT2D eigenvalue weighted by molar-refractivity contribution is -0.125. The van der Waals surface area contributed by atoms with E-state index in [-0.39, 0.29) is 11.8 Å². The molecule has 4 nitrogen and oxygen atoms in total. The van der Waals surface area contributed by atoms with E-state index in [9.17, 15) is 4.79 Å². The van der Waals surface area contributed by atoms with Crippen LogP contribution in [0.3, 0.4) is 0 Å². The molecule has 1 aromatic heterocycles. The molecule has 1 atom stereocenters. The smallest absolute Gasteiger partial charge is 0.223 e. The second-order valence-electron chi connectivity index (χ2n) is 6.97. The molecule has 1 aliphatic carbocycles. The molecule has 0 radical (unpaired) electrons. The van der Waals surface area contributed by atoms with Gasteiger partial charge in [-0.3, -0.25) is 4.79 Å². The highest BCUT2D eigenvalue weighted by molar-refractivity contribution is 5.88. The molecule has 0 saturated heterocycles. The number of benzene rings is 1. The molecule has 24 heavy (non-hydrogen) atoms. The minimum atomic E-state index is 0.0939. The minimum Gasteiger partial charge on any atom is -0.356 e. The number of carbonyl (C=O) groups is 1. The van der Waals surface area contributed by atoms with Crippen LogP contribution in [0.5, 0.6) is 0 Å². The first-order valence-electron chi connectivity index (χ1n) is 9.24. The Kier molecular flexibility index (Phi) is 5.24. The Morgan fingerprint density at radius 2 is 2.25 bits per heavy atom. The standard InChI is InChI=1S/C20H29N3O/c1-3-11-23-18-7-5-14(2)12-16(18)17-13-15(6-8-19(17)23)20(24)22-10-4-9-21/h5,7,12,15H,3-4,6,8-11,13,21H2,1-2H3,(H,22,24). The molecule has 0 bridgehead atoms. The topological polar surface area (TPSA) is 60.0 Å². The molecule has 0 aliphatic heterocycles. The largest absolute Gasteiger partial charge is 0.356 e. The van der Waals surface area contributed by atoms with Gasteiger partial charge < -0.3 is 15.6 Å². The Morgan fingerprint density at radius 3 is 3.00 bits per heavy atom. The fraction of sp³-hybridized carbons (Fsp3) is 0.550. The molecule has 3 rings (SSSR count). The van der Waals surface area contributed by atoms with Gasteiger partial charge in [0.2, 0.25) is 5.91 Å². The van der Waals surface area contributed by atoms with Gasteiger partial charge in [-0.05, 0) is 63.3 Å². The van der Waals surface area contributed by atoms with Gasteiger partial charge in [0, 0.05) is 35.6 Å². The van der Waals surface area contributed by atoms with Crippen molar-refractivity contribution in [2.24, 2.45) is 11.7 Å². The molecular weight excluding hydrogens is 298 g/mol. The van der Waals surface area contributed by atoms with Crippen molar-refractivity contribution in [2.45, 2.75) is 52.5 Å². The Morgan fingerprint density at radius 1 is 1.42 bits per heavy atom. The fourth-order valence-electron chi connectivity index (χ4n) is 3.92. The third-order valence-electron chi connectivity index (χ3n) is 5.12. The number of rotatable bonds is 6. The highest BCUT2D eigenvalue weighted by Gasteiger charge is 2.29. The Labute approximate surface area is 144 Å². The first-order chi connectivity index (χ1) is 11.7. The van der Waals surface area contributed by atoms with Gasteiger partial charge in [0.1, 0.15) is 0 Å². The number of carbonyl (C=O) groups excluding carboxylic acids is 1. The number of nitrogens with zero attached hydrogens (tertiary/aromatic N) is 1. The van der Waals surface area contributed by atoms with E-state index in [1.807, 2.05) is 0 Å². The molecule has 130 valence electrons. The third-order valence-corrected chi connectivity index (χ3v) is 5.12. The number of fused-ring (bicyclic) bond motifs is 3. The number of hydrogen-bond donors (Lipinski definition) is 2. The van der Waals surface area contributed by atoms with E-state index >= 15 is 0 Å². The lowest BCUT2D eigenvalue weighted by atomic mass is 9.85. The summed E-state index contributed by atoms with van der Waals surface area (Å²) in [6, 6.07) is 6.72. The van der Waals surface area contributed by atoms with E-state index in [1.165, 1.54) is 27.7 Å². The molecule has 0 spiro atoms. The zero-order valence-electron chi connectivity index (χ0n) is 14.9. The quantitative estimate of drug-likeness (QED) is 0.802. The van der Waals surface area contributed by atoms with E-state index in [4.69, 9.17) is 5.73 Å². The van der Waals surface area contributed by atoms with Gasteiger partial charge in [0.05, 0.1) is 0 Å². The van der Waals surface area contributed by atoms with Crippen molar-refractivity contribution in [1.82, 2.24) is 9.88 Å². The monoisotopic (exact) mass is 327 g/mol. The molecule has 3 N–H and O–H groups in total. The van der Waals surface area contributed by atoms with Gasteiger partial charge in [-0.25, -0.2) is 0 Å². The first kappa shape index (κ1) is 17.0. The summed E-state index contributed by atoms with van der Waals surface area (Å²) in [6.45, 7) is 6.74. The summed E-state index contributed by atoms with van der Waals surface area (Å²) in [6.07, 6.45) is 4.78. The highest BCUT2D eigenvalue weighted by atomic mass is 16.1. The van der Waals surface area contributed by atoms with Crippen molar-refractivity contribution in [1.29, 1.82) is 0 Å². The molecule has 1 amide bonds. The van der Waals surface area contributed by atoms with E-state index in [1.54, 1.807) is 0 Å². The molecule has 0 fully saturated rings. The maximum Gasteiger partial charge on any atom is 0.223 e. The van der Waals surface area contributed by atoms with E-state index in [0.29, 0.717) is 13.1 Å². The average Bonchev–Trinajstić information content (AvgIpc) is 2.88. The van der Waals surface area contributed by atoms with Gasteiger partial charge in [0.25, 0.3) is 0 Å². The van der Waals surface area contributed by atoms with Crippen LogP contribution in [-0.4, -0.2) is 23.6 Å². The lowest BCUT2D eigenvalue weighted by Gasteiger charge is -2.23. The van der Waals surface area contributed by atoms with Crippen LogP contribution < -0.4 is 11.1 Å². The third kappa shape index (κ3) is 3.20. The molecule has 4 heteroatoms. The zero-order chi connectivity index (χ0) is 17.1. The van der Waals surface area contributed by atoms with Crippen LogP contribution in [0.15, 0.2) is 18.2 Å². The van der Waals surface area contributed by atoms with Gasteiger partial charge in [0.15, 0.2) is 0 Å². The summed E-state index contributed by atoms with van der Waals surface area (Å²) in [5.41, 5.74) is 11.0. The van der Waals surface area contributed by atoms with E-state index in [0.717, 1.165) is 38.6 Å². The van der Waals surface area contributed by atoms with Gasteiger partial charge in [-0.2, -0.15) is 0 Å². The van der Waals surface area contributed by atoms with Crippen molar-refractivity contribution in [2.75, 3.05) is 13.1 Å². The summed E-state index contributed by atoms with van der Waals surface area (Å²) in [5, 5.41) is 4.40. The van der Waals surface area contributed by atoms with Crippen LogP contribution in [0.2, 0.25) is 0 Å². The van der Waals surface area contributed by atoms with Crippen molar-refractivity contribution in [3.05, 3.63) is 35.0 Å². The summed E-state index contributed by atoms with van der Waals surface area (Å²) >= 11 is 0. The van der Waals surface area contributed by atoms with Crippen LogP contribution in [0.1, 0.15) is 43.0 Å². The van der Waals surface area contributed by atoms with Gasteiger partial charge >= 0.3 is 0 Å². The van der Waals surface area contributed by atoms with Crippen molar-refractivity contribution >= 4 is 16.8 Å². The van der Waals surface area contributed by atoms with Crippen LogP contribution in [0.4, 0.5) is 0 Å². The van der Waals surface area contributed by atoms with Crippen molar-refractivity contribution in [3.63, 3.8) is 0 Å². The molecule has 1 unspecified atom stereocenters. The number of nitrogens with two attached hydrogens (primary N) is 1. The maximum atomic E-state index is 12.5. The number of aryl methyl sites for hydroxylation is 2. The molecular formula is C20H29N3O. The lowest BCUT2D eigenvalue weighted by Crippen LogP contribution is -2.35. The normalized spacial score (nSPS) is 17.0. The maximum absolute atomic E-state index is 12.5. The predicted molar refractivity (Wildman–Crippen MR) is 99.2 cm³/mol. The summed E-state index contributed by atoms with van der Waals surface area (Å²) in [5.74, 6) is 0.287. The Balaban J connectivity index is 1.90. The van der Waals surface area contributed by atoms with Gasteiger partial charge in [-0.1, -0.05) is 18.6 Å². The molecule has 1 heterocycles. The molecule has 0 saturated carbocycles. The molecule has 1 aliphatic rings. The Hall–Kier alpha value is -1.81. The zero-order valence-corrected chi connectivity index (χ0v) is 14.9. The van der Waals surface area contributed by atoms with Crippen LogP contribution >= 0.6 is 0 Å². The number of amides is 1. The van der Waals surface area contributed by atoms with Crippen LogP contribution in [0, 0.1) is 12.8 Å². The average molecular weight is 327 g/mol.